The van der Waals surface area contributed by atoms with Crippen molar-refractivity contribution in [2.45, 2.75) is 32.5 Å². The minimum atomic E-state index is -4.80. The Morgan fingerprint density at radius 1 is 1.16 bits per heavy atom. The minimum Gasteiger partial charge on any atom is -0.465 e. The Morgan fingerprint density at radius 2 is 1.74 bits per heavy atom. The standard InChI is InChI=1S/C13H15F3O3/c1-12(2,3)10-6-5-8(19-13(14,15)16)7-9(10)11(17)18-4/h5-7H,1-4H3. The van der Waals surface area contributed by atoms with Gasteiger partial charge in [0.15, 0.2) is 0 Å². The molecule has 0 atom stereocenters. The van der Waals surface area contributed by atoms with Gasteiger partial charge >= 0.3 is 12.3 Å². The summed E-state index contributed by atoms with van der Waals surface area (Å²) in [5.41, 5.74) is 0.255. The zero-order valence-electron chi connectivity index (χ0n) is 11.1. The van der Waals surface area contributed by atoms with Gasteiger partial charge < -0.3 is 9.47 Å². The summed E-state index contributed by atoms with van der Waals surface area (Å²) in [6, 6.07) is 3.66. The molecule has 0 aromatic heterocycles. The molecule has 0 radical (unpaired) electrons. The smallest absolute Gasteiger partial charge is 0.465 e. The highest BCUT2D eigenvalue weighted by molar-refractivity contribution is 5.92. The van der Waals surface area contributed by atoms with Crippen LogP contribution < -0.4 is 4.74 Å². The molecule has 0 spiro atoms. The van der Waals surface area contributed by atoms with Gasteiger partial charge in [-0.05, 0) is 23.1 Å². The maximum Gasteiger partial charge on any atom is 0.573 e. The number of methoxy groups -OCH3 is 1. The van der Waals surface area contributed by atoms with Crippen LogP contribution in [0.5, 0.6) is 5.75 Å². The highest BCUT2D eigenvalue weighted by atomic mass is 19.4. The fourth-order valence-corrected chi connectivity index (χ4v) is 1.65. The zero-order chi connectivity index (χ0) is 14.8. The molecule has 0 aliphatic heterocycles. The van der Waals surface area contributed by atoms with Gasteiger partial charge in [-0.15, -0.1) is 13.2 Å². The number of benzene rings is 1. The molecule has 0 aliphatic carbocycles. The van der Waals surface area contributed by atoms with E-state index >= 15 is 0 Å². The maximum atomic E-state index is 12.2. The molecular weight excluding hydrogens is 261 g/mol. The molecule has 0 unspecified atom stereocenters. The molecule has 0 fully saturated rings. The molecule has 0 saturated carbocycles. The van der Waals surface area contributed by atoms with Crippen LogP contribution in [0.1, 0.15) is 36.7 Å². The van der Waals surface area contributed by atoms with Crippen LogP contribution in [0.25, 0.3) is 0 Å². The van der Waals surface area contributed by atoms with Gasteiger partial charge in [-0.25, -0.2) is 4.79 Å². The number of hydrogen-bond donors (Lipinski definition) is 0. The summed E-state index contributed by atoms with van der Waals surface area (Å²) in [6.07, 6.45) is -4.80. The van der Waals surface area contributed by atoms with Gasteiger partial charge in [0.2, 0.25) is 0 Å². The first-order valence-corrected chi connectivity index (χ1v) is 5.53. The predicted octanol–water partition coefficient (Wildman–Crippen LogP) is 3.67. The van der Waals surface area contributed by atoms with Crippen LogP contribution in [0.3, 0.4) is 0 Å². The van der Waals surface area contributed by atoms with Crippen molar-refractivity contribution in [2.24, 2.45) is 0 Å². The normalized spacial score (nSPS) is 12.2. The number of carbonyl (C=O) groups is 1. The first-order chi connectivity index (χ1) is 8.54. The largest absolute Gasteiger partial charge is 0.573 e. The first kappa shape index (κ1) is 15.3. The fourth-order valence-electron chi connectivity index (χ4n) is 1.65. The minimum absolute atomic E-state index is 0.0664. The SMILES string of the molecule is COC(=O)c1cc(OC(F)(F)F)ccc1C(C)(C)C. The Labute approximate surface area is 109 Å². The molecule has 0 N–H and O–H groups in total. The fraction of sp³-hybridized carbons (Fsp3) is 0.462. The summed E-state index contributed by atoms with van der Waals surface area (Å²) < 4.78 is 44.8. The molecule has 1 rings (SSSR count). The van der Waals surface area contributed by atoms with Gasteiger partial charge in [-0.1, -0.05) is 26.8 Å². The third-order valence-corrected chi connectivity index (χ3v) is 2.44. The van der Waals surface area contributed by atoms with Crippen LogP contribution in [-0.4, -0.2) is 19.4 Å². The van der Waals surface area contributed by atoms with E-state index in [1.165, 1.54) is 19.2 Å². The van der Waals surface area contributed by atoms with E-state index < -0.39 is 23.5 Å². The van der Waals surface area contributed by atoms with Gasteiger partial charge in [-0.2, -0.15) is 0 Å². The van der Waals surface area contributed by atoms with Gasteiger partial charge in [0.05, 0.1) is 12.7 Å². The molecule has 3 nitrogen and oxygen atoms in total. The quantitative estimate of drug-likeness (QED) is 0.773. The molecule has 19 heavy (non-hydrogen) atoms. The highest BCUT2D eigenvalue weighted by Gasteiger charge is 2.32. The lowest BCUT2D eigenvalue weighted by Crippen LogP contribution is -2.20. The van der Waals surface area contributed by atoms with E-state index in [-0.39, 0.29) is 5.56 Å². The van der Waals surface area contributed by atoms with Gasteiger partial charge in [-0.3, -0.25) is 0 Å². The molecule has 0 amide bonds. The number of alkyl halides is 3. The van der Waals surface area contributed by atoms with Crippen molar-refractivity contribution in [3.8, 4) is 5.75 Å². The number of halogens is 3. The van der Waals surface area contributed by atoms with E-state index in [0.29, 0.717) is 5.56 Å². The van der Waals surface area contributed by atoms with Crippen LogP contribution in [0.4, 0.5) is 13.2 Å². The molecule has 1 aromatic rings. The van der Waals surface area contributed by atoms with Crippen LogP contribution >= 0.6 is 0 Å². The second-order valence-electron chi connectivity index (χ2n) is 5.00. The van der Waals surface area contributed by atoms with E-state index in [0.717, 1.165) is 6.07 Å². The second kappa shape index (κ2) is 5.11. The average Bonchev–Trinajstić information content (AvgIpc) is 2.24. The van der Waals surface area contributed by atoms with Crippen molar-refractivity contribution in [3.05, 3.63) is 29.3 Å². The summed E-state index contributed by atoms with van der Waals surface area (Å²) in [7, 11) is 1.17. The second-order valence-corrected chi connectivity index (χ2v) is 5.00. The number of hydrogen-bond acceptors (Lipinski definition) is 3. The van der Waals surface area contributed by atoms with Crippen molar-refractivity contribution >= 4 is 5.97 Å². The molecular formula is C13H15F3O3. The summed E-state index contributed by atoms with van der Waals surface area (Å²) in [5.74, 6) is -1.14. The molecule has 0 saturated heterocycles. The topological polar surface area (TPSA) is 35.5 Å². The van der Waals surface area contributed by atoms with Gasteiger partial charge in [0.25, 0.3) is 0 Å². The van der Waals surface area contributed by atoms with E-state index in [9.17, 15) is 18.0 Å². The van der Waals surface area contributed by atoms with Crippen LogP contribution in [0.2, 0.25) is 0 Å². The third kappa shape index (κ3) is 4.15. The van der Waals surface area contributed by atoms with Crippen molar-refractivity contribution < 1.29 is 27.4 Å². The molecule has 1 aromatic carbocycles. The average molecular weight is 276 g/mol. The van der Waals surface area contributed by atoms with Crippen LogP contribution in [0.15, 0.2) is 18.2 Å². The Morgan fingerprint density at radius 3 is 2.16 bits per heavy atom. The number of carbonyl (C=O) groups excluding carboxylic acids is 1. The van der Waals surface area contributed by atoms with Gasteiger partial charge in [0.1, 0.15) is 5.75 Å². The summed E-state index contributed by atoms with van der Waals surface area (Å²) in [6.45, 7) is 5.54. The lowest BCUT2D eigenvalue weighted by Gasteiger charge is -2.22. The van der Waals surface area contributed by atoms with E-state index in [2.05, 4.69) is 9.47 Å². The van der Waals surface area contributed by atoms with Crippen molar-refractivity contribution in [3.63, 3.8) is 0 Å². The lowest BCUT2D eigenvalue weighted by molar-refractivity contribution is -0.274. The number of esters is 1. The van der Waals surface area contributed by atoms with Crippen molar-refractivity contribution in [1.29, 1.82) is 0 Å². The molecule has 0 aliphatic rings. The molecule has 0 bridgehead atoms. The number of rotatable bonds is 2. The molecule has 6 heteroatoms. The van der Waals surface area contributed by atoms with Crippen LogP contribution in [0, 0.1) is 0 Å². The van der Waals surface area contributed by atoms with E-state index in [4.69, 9.17) is 0 Å². The third-order valence-electron chi connectivity index (χ3n) is 2.44. The summed E-state index contributed by atoms with van der Waals surface area (Å²) in [5, 5.41) is 0. The first-order valence-electron chi connectivity index (χ1n) is 5.53. The maximum absolute atomic E-state index is 12.2. The van der Waals surface area contributed by atoms with Crippen molar-refractivity contribution in [2.75, 3.05) is 7.11 Å². The zero-order valence-corrected chi connectivity index (χ0v) is 11.1. The predicted molar refractivity (Wildman–Crippen MR) is 63.2 cm³/mol. The van der Waals surface area contributed by atoms with Crippen molar-refractivity contribution in [1.82, 2.24) is 0 Å². The van der Waals surface area contributed by atoms with Crippen LogP contribution in [-0.2, 0) is 10.2 Å². The Balaban J connectivity index is 3.28. The Hall–Kier alpha value is -1.72. The van der Waals surface area contributed by atoms with E-state index in [1.807, 2.05) is 20.8 Å². The Bertz CT molecular complexity index is 473. The number of ether oxygens (including phenoxy) is 2. The Kier molecular flexibility index (Phi) is 4.12. The molecule has 106 valence electrons. The summed E-state index contributed by atoms with van der Waals surface area (Å²) in [4.78, 5) is 11.6. The summed E-state index contributed by atoms with van der Waals surface area (Å²) >= 11 is 0. The highest BCUT2D eigenvalue weighted by Crippen LogP contribution is 2.31. The molecule has 0 heterocycles. The van der Waals surface area contributed by atoms with E-state index in [1.54, 1.807) is 0 Å². The monoisotopic (exact) mass is 276 g/mol. The van der Waals surface area contributed by atoms with Gasteiger partial charge in [0, 0.05) is 0 Å². The lowest BCUT2D eigenvalue weighted by atomic mass is 9.83.